The molecule has 0 aliphatic carbocycles. The first kappa shape index (κ1) is 23.6. The fraction of sp³-hybridized carbons (Fsp3) is 0.389. The zero-order valence-electron chi connectivity index (χ0n) is 15.8. The SMILES string of the molecule is C[C@@H](NC(=O)C[C@@H](N)C(=O)O)C(=O)N[C@@H](Cc1ccccc1)C(=O)NCC(=O)O. The summed E-state index contributed by atoms with van der Waals surface area (Å²) in [4.78, 5) is 57.8. The van der Waals surface area contributed by atoms with Gasteiger partial charge in [0.05, 0.1) is 6.42 Å². The molecule has 0 fully saturated rings. The van der Waals surface area contributed by atoms with E-state index in [9.17, 15) is 24.0 Å². The molecule has 0 spiro atoms. The van der Waals surface area contributed by atoms with Crippen LogP contribution in [0.3, 0.4) is 0 Å². The van der Waals surface area contributed by atoms with Crippen LogP contribution in [0.15, 0.2) is 30.3 Å². The molecule has 11 nitrogen and oxygen atoms in total. The zero-order valence-corrected chi connectivity index (χ0v) is 15.8. The number of amides is 3. The van der Waals surface area contributed by atoms with Crippen molar-refractivity contribution in [2.45, 2.75) is 37.9 Å². The molecule has 1 aromatic rings. The van der Waals surface area contributed by atoms with Gasteiger partial charge in [-0.1, -0.05) is 30.3 Å². The van der Waals surface area contributed by atoms with Crippen LogP contribution in [0, 0.1) is 0 Å². The van der Waals surface area contributed by atoms with Gasteiger partial charge in [-0.15, -0.1) is 0 Å². The van der Waals surface area contributed by atoms with Crippen molar-refractivity contribution in [2.75, 3.05) is 6.54 Å². The predicted molar refractivity (Wildman–Crippen MR) is 101 cm³/mol. The molecule has 3 atom stereocenters. The van der Waals surface area contributed by atoms with Crippen LogP contribution in [0.5, 0.6) is 0 Å². The summed E-state index contributed by atoms with van der Waals surface area (Å²) in [5, 5.41) is 24.4. The van der Waals surface area contributed by atoms with Crippen molar-refractivity contribution in [1.82, 2.24) is 16.0 Å². The number of nitrogens with one attached hydrogen (secondary N) is 3. The Balaban J connectivity index is 2.75. The van der Waals surface area contributed by atoms with Crippen LogP contribution in [-0.4, -0.2) is 64.5 Å². The lowest BCUT2D eigenvalue weighted by Crippen LogP contribution is -2.54. The molecule has 0 saturated carbocycles. The highest BCUT2D eigenvalue weighted by molar-refractivity contribution is 5.93. The number of carboxylic acids is 2. The summed E-state index contributed by atoms with van der Waals surface area (Å²) in [6, 6.07) is 5.19. The Kier molecular flexibility index (Phi) is 9.26. The van der Waals surface area contributed by atoms with Crippen molar-refractivity contribution in [1.29, 1.82) is 0 Å². The van der Waals surface area contributed by atoms with E-state index in [2.05, 4.69) is 16.0 Å². The summed E-state index contributed by atoms with van der Waals surface area (Å²) in [5.74, 6) is -4.73. The molecule has 0 aromatic heterocycles. The lowest BCUT2D eigenvalue weighted by molar-refractivity contribution is -0.140. The molecule has 3 amide bonds. The number of rotatable bonds is 11. The fourth-order valence-corrected chi connectivity index (χ4v) is 2.29. The quantitative estimate of drug-likeness (QED) is 0.248. The number of benzene rings is 1. The third kappa shape index (κ3) is 8.84. The van der Waals surface area contributed by atoms with E-state index in [1.807, 2.05) is 0 Å². The van der Waals surface area contributed by atoms with E-state index in [-0.39, 0.29) is 6.42 Å². The van der Waals surface area contributed by atoms with Gasteiger partial charge in [-0.2, -0.15) is 0 Å². The largest absolute Gasteiger partial charge is 0.480 e. The fourth-order valence-electron chi connectivity index (χ4n) is 2.29. The topological polar surface area (TPSA) is 188 Å². The van der Waals surface area contributed by atoms with Gasteiger partial charge >= 0.3 is 11.9 Å². The average molecular weight is 408 g/mol. The van der Waals surface area contributed by atoms with Gasteiger partial charge in [0.2, 0.25) is 17.7 Å². The molecule has 1 rings (SSSR count). The van der Waals surface area contributed by atoms with Gasteiger partial charge in [-0.3, -0.25) is 24.0 Å². The summed E-state index contributed by atoms with van der Waals surface area (Å²) in [6.45, 7) is 0.744. The Hall–Kier alpha value is -3.47. The first-order valence-electron chi connectivity index (χ1n) is 8.71. The molecule has 7 N–H and O–H groups in total. The second-order valence-corrected chi connectivity index (χ2v) is 6.30. The number of hydrogen-bond acceptors (Lipinski definition) is 6. The molecule has 0 aliphatic heterocycles. The minimum absolute atomic E-state index is 0.0998. The second-order valence-electron chi connectivity index (χ2n) is 6.30. The third-order valence-corrected chi connectivity index (χ3v) is 3.82. The van der Waals surface area contributed by atoms with Crippen molar-refractivity contribution in [3.05, 3.63) is 35.9 Å². The Morgan fingerprint density at radius 1 is 1.00 bits per heavy atom. The highest BCUT2D eigenvalue weighted by Crippen LogP contribution is 2.04. The average Bonchev–Trinajstić information content (AvgIpc) is 2.65. The van der Waals surface area contributed by atoms with Crippen molar-refractivity contribution in [3.63, 3.8) is 0 Å². The van der Waals surface area contributed by atoms with Gasteiger partial charge in [0.25, 0.3) is 0 Å². The number of carbonyl (C=O) groups excluding carboxylic acids is 3. The van der Waals surface area contributed by atoms with Crippen molar-refractivity contribution in [2.24, 2.45) is 5.73 Å². The predicted octanol–water partition coefficient (Wildman–Crippen LogP) is -1.78. The van der Waals surface area contributed by atoms with E-state index < -0.39 is 60.8 Å². The molecule has 1 aromatic carbocycles. The molecule has 0 bridgehead atoms. The minimum Gasteiger partial charge on any atom is -0.480 e. The van der Waals surface area contributed by atoms with E-state index in [1.165, 1.54) is 6.92 Å². The Morgan fingerprint density at radius 2 is 1.62 bits per heavy atom. The van der Waals surface area contributed by atoms with Gasteiger partial charge in [-0.05, 0) is 12.5 Å². The van der Waals surface area contributed by atoms with Crippen molar-refractivity contribution in [3.8, 4) is 0 Å². The number of aliphatic carboxylic acids is 2. The van der Waals surface area contributed by atoms with Crippen molar-refractivity contribution < 1.29 is 34.2 Å². The van der Waals surface area contributed by atoms with Crippen molar-refractivity contribution >= 4 is 29.7 Å². The lowest BCUT2D eigenvalue weighted by atomic mass is 10.0. The van der Waals surface area contributed by atoms with Crippen LogP contribution in [-0.2, 0) is 30.4 Å². The van der Waals surface area contributed by atoms with Crippen LogP contribution >= 0.6 is 0 Å². The van der Waals surface area contributed by atoms with Crippen LogP contribution in [0.1, 0.15) is 18.9 Å². The summed E-state index contributed by atoms with van der Waals surface area (Å²) in [6.07, 6.45) is -0.415. The Morgan fingerprint density at radius 3 is 2.17 bits per heavy atom. The number of hydrogen-bond donors (Lipinski definition) is 6. The van der Waals surface area contributed by atoms with E-state index in [1.54, 1.807) is 30.3 Å². The second kappa shape index (κ2) is 11.4. The van der Waals surface area contributed by atoms with Gasteiger partial charge in [0.15, 0.2) is 0 Å². The van der Waals surface area contributed by atoms with Gasteiger partial charge in [0, 0.05) is 6.42 Å². The summed E-state index contributed by atoms with van der Waals surface area (Å²) < 4.78 is 0. The van der Waals surface area contributed by atoms with Crippen LogP contribution in [0.2, 0.25) is 0 Å². The monoisotopic (exact) mass is 408 g/mol. The lowest BCUT2D eigenvalue weighted by Gasteiger charge is -2.21. The molecule has 11 heteroatoms. The molecule has 0 saturated heterocycles. The maximum absolute atomic E-state index is 12.4. The minimum atomic E-state index is -1.40. The molecule has 158 valence electrons. The highest BCUT2D eigenvalue weighted by Gasteiger charge is 2.26. The summed E-state index contributed by atoms with van der Waals surface area (Å²) in [5.41, 5.74) is 6.00. The molecule has 29 heavy (non-hydrogen) atoms. The molecular weight excluding hydrogens is 384 g/mol. The van der Waals surface area contributed by atoms with Crippen LogP contribution in [0.25, 0.3) is 0 Å². The van der Waals surface area contributed by atoms with Crippen LogP contribution in [0.4, 0.5) is 0 Å². The highest BCUT2D eigenvalue weighted by atomic mass is 16.4. The maximum atomic E-state index is 12.4. The van der Waals surface area contributed by atoms with E-state index in [0.29, 0.717) is 0 Å². The number of nitrogens with two attached hydrogens (primary N) is 1. The molecule has 0 heterocycles. The zero-order chi connectivity index (χ0) is 22.0. The molecule has 0 unspecified atom stereocenters. The molecular formula is C18H24N4O7. The first-order valence-corrected chi connectivity index (χ1v) is 8.71. The van der Waals surface area contributed by atoms with Gasteiger partial charge in [-0.25, -0.2) is 0 Å². The van der Waals surface area contributed by atoms with E-state index >= 15 is 0 Å². The summed E-state index contributed by atoms with van der Waals surface area (Å²) in [7, 11) is 0. The Labute approximate surface area is 166 Å². The first-order chi connectivity index (χ1) is 13.6. The number of carboxylic acid groups (broad SMARTS) is 2. The van der Waals surface area contributed by atoms with E-state index in [0.717, 1.165) is 5.56 Å². The maximum Gasteiger partial charge on any atom is 0.322 e. The van der Waals surface area contributed by atoms with Crippen LogP contribution < -0.4 is 21.7 Å². The number of carbonyl (C=O) groups is 5. The van der Waals surface area contributed by atoms with Gasteiger partial charge < -0.3 is 31.9 Å². The smallest absolute Gasteiger partial charge is 0.322 e. The van der Waals surface area contributed by atoms with E-state index in [4.69, 9.17) is 15.9 Å². The standard InChI is InChI=1S/C18H24N4O7/c1-10(21-14(23)8-12(19)18(28)29)16(26)22-13(17(27)20-9-15(24)25)7-11-5-3-2-4-6-11/h2-6,10,12-13H,7-9,19H2,1H3,(H,20,27)(H,21,23)(H,22,26)(H,24,25)(H,28,29)/t10-,12-,13+/m1/s1. The summed E-state index contributed by atoms with van der Waals surface area (Å²) >= 11 is 0. The normalized spacial score (nSPS) is 13.4. The third-order valence-electron chi connectivity index (χ3n) is 3.82. The molecule has 0 aliphatic rings. The van der Waals surface area contributed by atoms with Gasteiger partial charge in [0.1, 0.15) is 24.7 Å². The Bertz CT molecular complexity index is 754. The molecule has 0 radical (unpaired) electrons.